The third-order valence-corrected chi connectivity index (χ3v) is 4.59. The Labute approximate surface area is 122 Å². The van der Waals surface area contributed by atoms with Crippen molar-refractivity contribution in [2.45, 2.75) is 69.2 Å². The number of piperidine rings is 1. The van der Waals surface area contributed by atoms with Gasteiger partial charge in [0, 0.05) is 32.0 Å². The van der Waals surface area contributed by atoms with Gasteiger partial charge in [0.25, 0.3) is 0 Å². The van der Waals surface area contributed by atoms with Crippen molar-refractivity contribution >= 4 is 6.03 Å². The third-order valence-electron chi connectivity index (χ3n) is 4.59. The lowest BCUT2D eigenvalue weighted by atomic mass is 9.91. The molecule has 1 aliphatic carbocycles. The molecule has 0 bridgehead atoms. The fourth-order valence-electron chi connectivity index (χ4n) is 3.05. The van der Waals surface area contributed by atoms with Gasteiger partial charge in [-0.1, -0.05) is 25.7 Å². The van der Waals surface area contributed by atoms with Crippen LogP contribution >= 0.6 is 0 Å². The van der Waals surface area contributed by atoms with E-state index in [0.717, 1.165) is 25.7 Å². The van der Waals surface area contributed by atoms with Crippen LogP contribution in [-0.4, -0.2) is 46.9 Å². The van der Waals surface area contributed by atoms with Crippen LogP contribution < -0.4 is 5.32 Å². The summed E-state index contributed by atoms with van der Waals surface area (Å²) in [6.45, 7) is -0.122. The first kappa shape index (κ1) is 16.4. The van der Waals surface area contributed by atoms with Crippen LogP contribution in [0.1, 0.15) is 51.4 Å². The van der Waals surface area contributed by atoms with E-state index in [1.54, 1.807) is 0 Å². The van der Waals surface area contributed by atoms with Gasteiger partial charge in [0.1, 0.15) is 0 Å². The number of rotatable bonds is 1. The lowest BCUT2D eigenvalue weighted by Crippen LogP contribution is -2.56. The second kappa shape index (κ2) is 6.42. The smallest absolute Gasteiger partial charge is 0.380 e. The molecular weight excluding hydrogens is 285 g/mol. The predicted molar refractivity (Wildman–Crippen MR) is 71.8 cm³/mol. The highest BCUT2D eigenvalue weighted by atomic mass is 19.4. The van der Waals surface area contributed by atoms with Crippen molar-refractivity contribution < 1.29 is 23.1 Å². The van der Waals surface area contributed by atoms with Crippen molar-refractivity contribution in [1.82, 2.24) is 10.2 Å². The van der Waals surface area contributed by atoms with Crippen LogP contribution in [0, 0.1) is 0 Å². The van der Waals surface area contributed by atoms with Gasteiger partial charge >= 0.3 is 12.2 Å². The normalized spacial score (nSPS) is 24.5. The van der Waals surface area contributed by atoms with E-state index in [2.05, 4.69) is 5.32 Å². The van der Waals surface area contributed by atoms with E-state index >= 15 is 0 Å². The number of hydrogen-bond acceptors (Lipinski definition) is 2. The molecule has 0 spiro atoms. The molecule has 2 aliphatic rings. The van der Waals surface area contributed by atoms with Gasteiger partial charge in [0.2, 0.25) is 0 Å². The van der Waals surface area contributed by atoms with Crippen molar-refractivity contribution in [2.24, 2.45) is 0 Å². The Bertz CT molecular complexity index is 358. The summed E-state index contributed by atoms with van der Waals surface area (Å²) in [5, 5.41) is 12.5. The molecule has 21 heavy (non-hydrogen) atoms. The van der Waals surface area contributed by atoms with Crippen molar-refractivity contribution in [1.29, 1.82) is 0 Å². The number of urea groups is 1. The first-order chi connectivity index (χ1) is 9.82. The molecule has 1 saturated heterocycles. The minimum atomic E-state index is -4.63. The molecule has 2 rings (SSSR count). The minimum Gasteiger partial charge on any atom is -0.380 e. The van der Waals surface area contributed by atoms with Crippen molar-refractivity contribution in [3.05, 3.63) is 0 Å². The van der Waals surface area contributed by atoms with E-state index < -0.39 is 24.6 Å². The van der Waals surface area contributed by atoms with Crippen molar-refractivity contribution in [3.63, 3.8) is 0 Å². The van der Waals surface area contributed by atoms with Crippen LogP contribution in [0.3, 0.4) is 0 Å². The van der Waals surface area contributed by atoms with Crippen LogP contribution in [0.15, 0.2) is 0 Å². The van der Waals surface area contributed by atoms with Crippen molar-refractivity contribution in [2.75, 3.05) is 13.1 Å². The first-order valence-electron chi connectivity index (χ1n) is 7.66. The van der Waals surface area contributed by atoms with Crippen LogP contribution in [0.4, 0.5) is 18.0 Å². The minimum absolute atomic E-state index is 0.0609. The Morgan fingerprint density at radius 2 is 1.62 bits per heavy atom. The topological polar surface area (TPSA) is 52.6 Å². The maximum atomic E-state index is 12.7. The second-order valence-corrected chi connectivity index (χ2v) is 6.15. The molecule has 7 heteroatoms. The maximum absolute atomic E-state index is 12.7. The van der Waals surface area contributed by atoms with Crippen molar-refractivity contribution in [3.8, 4) is 0 Å². The van der Waals surface area contributed by atoms with Gasteiger partial charge in [-0.15, -0.1) is 0 Å². The average Bonchev–Trinajstić information content (AvgIpc) is 2.67. The van der Waals surface area contributed by atoms with Gasteiger partial charge in [0.05, 0.1) is 0 Å². The standard InChI is InChI=1S/C14H23F3N2O2/c15-14(16,17)13(21)7-9-19(10-8-13)12(20)18-11-5-3-1-2-4-6-11/h11,21H,1-10H2,(H,18,20). The highest BCUT2D eigenvalue weighted by Crippen LogP contribution is 2.38. The molecule has 1 saturated carbocycles. The summed E-state index contributed by atoms with van der Waals surface area (Å²) in [6, 6.07) is -0.172. The van der Waals surface area contributed by atoms with Gasteiger partial charge in [-0.05, 0) is 12.8 Å². The molecule has 1 heterocycles. The number of carbonyl (C=O) groups is 1. The summed E-state index contributed by atoms with van der Waals surface area (Å²) in [6.07, 6.45) is 0.860. The third kappa shape index (κ3) is 4.02. The van der Waals surface area contributed by atoms with E-state index in [4.69, 9.17) is 0 Å². The molecule has 0 aromatic carbocycles. The zero-order chi connectivity index (χ0) is 15.5. The summed E-state index contributed by atoms with van der Waals surface area (Å²) in [5.74, 6) is 0. The van der Waals surface area contributed by atoms with Crippen LogP contribution in [-0.2, 0) is 0 Å². The molecule has 0 aromatic heterocycles. The Morgan fingerprint density at radius 3 is 2.10 bits per heavy atom. The fraction of sp³-hybridized carbons (Fsp3) is 0.929. The number of nitrogens with zero attached hydrogens (tertiary/aromatic N) is 1. The van der Waals surface area contributed by atoms with E-state index in [1.165, 1.54) is 17.7 Å². The van der Waals surface area contributed by atoms with Gasteiger partial charge < -0.3 is 15.3 Å². The number of hydrogen-bond donors (Lipinski definition) is 2. The first-order valence-corrected chi connectivity index (χ1v) is 7.66. The zero-order valence-electron chi connectivity index (χ0n) is 12.1. The summed E-state index contributed by atoms with van der Waals surface area (Å²) in [5.41, 5.74) is -2.65. The zero-order valence-corrected chi connectivity index (χ0v) is 12.1. The van der Waals surface area contributed by atoms with Gasteiger partial charge in [0.15, 0.2) is 5.60 Å². The molecular formula is C14H23F3N2O2. The summed E-state index contributed by atoms with van der Waals surface area (Å²) in [7, 11) is 0. The fourth-order valence-corrected chi connectivity index (χ4v) is 3.05. The molecule has 2 fully saturated rings. The number of carbonyl (C=O) groups excluding carboxylic acids is 1. The van der Waals surface area contributed by atoms with Gasteiger partial charge in [-0.3, -0.25) is 0 Å². The quantitative estimate of drug-likeness (QED) is 0.732. The van der Waals surface area contributed by atoms with Gasteiger partial charge in [-0.2, -0.15) is 13.2 Å². The van der Waals surface area contributed by atoms with Gasteiger partial charge in [-0.25, -0.2) is 4.79 Å². The number of amides is 2. The molecule has 122 valence electrons. The Kier molecular flexibility index (Phi) is 5.01. The van der Waals surface area contributed by atoms with E-state index in [-0.39, 0.29) is 25.2 Å². The van der Waals surface area contributed by atoms with Crippen LogP contribution in [0.2, 0.25) is 0 Å². The predicted octanol–water partition coefficient (Wildman–Crippen LogP) is 2.81. The molecule has 4 nitrogen and oxygen atoms in total. The molecule has 2 amide bonds. The number of halogens is 3. The maximum Gasteiger partial charge on any atom is 0.417 e. The molecule has 0 aromatic rings. The van der Waals surface area contributed by atoms with E-state index in [9.17, 15) is 23.1 Å². The Morgan fingerprint density at radius 1 is 1.10 bits per heavy atom. The lowest BCUT2D eigenvalue weighted by Gasteiger charge is -2.39. The Balaban J connectivity index is 1.83. The largest absolute Gasteiger partial charge is 0.417 e. The van der Waals surface area contributed by atoms with E-state index in [1.807, 2.05) is 0 Å². The lowest BCUT2D eigenvalue weighted by molar-refractivity contribution is -0.271. The highest BCUT2D eigenvalue weighted by Gasteiger charge is 2.54. The summed E-state index contributed by atoms with van der Waals surface area (Å²) >= 11 is 0. The SMILES string of the molecule is O=C(NC1CCCCCC1)N1CCC(O)(C(F)(F)F)CC1. The van der Waals surface area contributed by atoms with Crippen LogP contribution in [0.5, 0.6) is 0 Å². The van der Waals surface area contributed by atoms with Crippen LogP contribution in [0.25, 0.3) is 0 Å². The molecule has 2 N–H and O–H groups in total. The Hall–Kier alpha value is -0.980. The molecule has 0 unspecified atom stereocenters. The number of alkyl halides is 3. The average molecular weight is 308 g/mol. The summed E-state index contributed by atoms with van der Waals surface area (Å²) < 4.78 is 38.1. The molecule has 1 aliphatic heterocycles. The molecule has 0 radical (unpaired) electrons. The second-order valence-electron chi connectivity index (χ2n) is 6.15. The highest BCUT2D eigenvalue weighted by molar-refractivity contribution is 5.74. The number of nitrogens with one attached hydrogen (secondary N) is 1. The molecule has 0 atom stereocenters. The monoisotopic (exact) mass is 308 g/mol. The number of aliphatic hydroxyl groups is 1. The summed E-state index contributed by atoms with van der Waals surface area (Å²) in [4.78, 5) is 13.5. The van der Waals surface area contributed by atoms with E-state index in [0.29, 0.717) is 0 Å². The number of likely N-dealkylation sites (tertiary alicyclic amines) is 1.